The highest BCUT2D eigenvalue weighted by atomic mass is 16.4. The first-order chi connectivity index (χ1) is 9.11. The summed E-state index contributed by atoms with van der Waals surface area (Å²) < 4.78 is 0. The number of amides is 1. The fourth-order valence-electron chi connectivity index (χ4n) is 2.50. The van der Waals surface area contributed by atoms with Gasteiger partial charge in [0.05, 0.1) is 0 Å². The molecule has 1 aromatic rings. The maximum absolute atomic E-state index is 11.0. The monoisotopic (exact) mass is 262 g/mol. The average molecular weight is 262 g/mol. The van der Waals surface area contributed by atoms with E-state index in [1.165, 1.54) is 11.3 Å². The van der Waals surface area contributed by atoms with Gasteiger partial charge in [0.1, 0.15) is 6.04 Å². The van der Waals surface area contributed by atoms with Crippen molar-refractivity contribution in [1.82, 2.24) is 5.32 Å². The molecular formula is C14H18N2O3. The summed E-state index contributed by atoms with van der Waals surface area (Å²) in [6, 6.07) is 5.15. The van der Waals surface area contributed by atoms with Crippen LogP contribution in [-0.2, 0) is 22.4 Å². The van der Waals surface area contributed by atoms with Crippen LogP contribution < -0.4 is 10.2 Å². The molecule has 0 saturated carbocycles. The molecule has 5 heteroatoms. The van der Waals surface area contributed by atoms with Gasteiger partial charge < -0.3 is 15.3 Å². The fraction of sp³-hybridized carbons (Fsp3) is 0.429. The Kier molecular flexibility index (Phi) is 4.04. The Hall–Kier alpha value is -2.04. The number of carbonyl (C=O) groups is 2. The third kappa shape index (κ3) is 3.05. The molecule has 19 heavy (non-hydrogen) atoms. The van der Waals surface area contributed by atoms with Crippen LogP contribution in [-0.4, -0.2) is 37.1 Å². The zero-order chi connectivity index (χ0) is 13.8. The summed E-state index contributed by atoms with van der Waals surface area (Å²) in [5.41, 5.74) is 3.41. The van der Waals surface area contributed by atoms with Gasteiger partial charge in [0, 0.05) is 25.7 Å². The molecule has 102 valence electrons. The summed E-state index contributed by atoms with van der Waals surface area (Å²) >= 11 is 0. The highest BCUT2D eigenvalue weighted by Crippen LogP contribution is 2.27. The molecule has 2 N–H and O–H groups in total. The Morgan fingerprint density at radius 2 is 2.37 bits per heavy atom. The van der Waals surface area contributed by atoms with Crippen LogP contribution in [0.4, 0.5) is 5.69 Å². The molecule has 1 heterocycles. The molecule has 0 bridgehead atoms. The quantitative estimate of drug-likeness (QED) is 0.770. The highest BCUT2D eigenvalue weighted by molar-refractivity contribution is 5.76. The van der Waals surface area contributed by atoms with Crippen LogP contribution in [0.3, 0.4) is 0 Å². The minimum atomic E-state index is -1.01. The van der Waals surface area contributed by atoms with E-state index in [1.807, 2.05) is 18.2 Å². The van der Waals surface area contributed by atoms with Crippen molar-refractivity contribution < 1.29 is 14.7 Å². The number of benzene rings is 1. The van der Waals surface area contributed by atoms with E-state index in [2.05, 4.69) is 17.3 Å². The number of aliphatic carboxylic acids is 1. The molecule has 1 amide bonds. The summed E-state index contributed by atoms with van der Waals surface area (Å²) in [6.07, 6.45) is 2.88. The second kappa shape index (κ2) is 5.73. The second-order valence-corrected chi connectivity index (χ2v) is 4.87. The van der Waals surface area contributed by atoms with Gasteiger partial charge in [-0.15, -0.1) is 0 Å². The first-order valence-electron chi connectivity index (χ1n) is 6.37. The van der Waals surface area contributed by atoms with Crippen LogP contribution in [0.2, 0.25) is 0 Å². The summed E-state index contributed by atoms with van der Waals surface area (Å²) in [4.78, 5) is 23.6. The Balaban J connectivity index is 2.17. The number of nitrogens with zero attached hydrogens (tertiary/aromatic N) is 1. The van der Waals surface area contributed by atoms with Crippen LogP contribution in [0, 0.1) is 0 Å². The molecule has 0 aromatic heterocycles. The maximum atomic E-state index is 11.0. The number of hydrogen-bond acceptors (Lipinski definition) is 3. The van der Waals surface area contributed by atoms with Crippen molar-refractivity contribution in [3.8, 4) is 0 Å². The molecule has 5 nitrogen and oxygen atoms in total. The van der Waals surface area contributed by atoms with E-state index in [0.29, 0.717) is 12.8 Å². The molecule has 1 aliphatic rings. The molecule has 1 aliphatic heterocycles. The van der Waals surface area contributed by atoms with Gasteiger partial charge in [0.2, 0.25) is 6.41 Å². The van der Waals surface area contributed by atoms with Crippen molar-refractivity contribution in [2.75, 3.05) is 18.5 Å². The van der Waals surface area contributed by atoms with Crippen molar-refractivity contribution in [2.24, 2.45) is 0 Å². The van der Waals surface area contributed by atoms with Gasteiger partial charge in [0.15, 0.2) is 0 Å². The number of nitrogens with one attached hydrogen (secondary N) is 1. The number of carboxylic acids is 1. The molecule has 2 rings (SSSR count). The van der Waals surface area contributed by atoms with Crippen molar-refractivity contribution >= 4 is 18.1 Å². The molecule has 0 spiro atoms. The third-order valence-corrected chi connectivity index (χ3v) is 3.50. The number of carbonyl (C=O) groups excluding carboxylic acids is 1. The number of anilines is 1. The van der Waals surface area contributed by atoms with Crippen LogP contribution in [0.15, 0.2) is 18.2 Å². The Bertz CT molecular complexity index is 488. The van der Waals surface area contributed by atoms with E-state index < -0.39 is 12.0 Å². The van der Waals surface area contributed by atoms with Crippen LogP contribution in [0.5, 0.6) is 0 Å². The van der Waals surface area contributed by atoms with Crippen LogP contribution in [0.1, 0.15) is 17.5 Å². The Morgan fingerprint density at radius 3 is 3.05 bits per heavy atom. The number of aryl methyl sites for hydroxylation is 1. The first kappa shape index (κ1) is 13.4. The lowest BCUT2D eigenvalue weighted by molar-refractivity contribution is -0.140. The predicted molar refractivity (Wildman–Crippen MR) is 72.4 cm³/mol. The summed E-state index contributed by atoms with van der Waals surface area (Å²) in [5, 5.41) is 11.3. The van der Waals surface area contributed by atoms with Crippen molar-refractivity contribution in [1.29, 1.82) is 0 Å². The number of fused-ring (bicyclic) bond motifs is 1. The molecule has 1 aromatic carbocycles. The summed E-state index contributed by atoms with van der Waals surface area (Å²) in [6.45, 7) is 1.05. The molecule has 0 saturated heterocycles. The number of carboxylic acid groups (broad SMARTS) is 1. The van der Waals surface area contributed by atoms with E-state index >= 15 is 0 Å². The second-order valence-electron chi connectivity index (χ2n) is 4.87. The first-order valence-corrected chi connectivity index (χ1v) is 6.37. The lowest BCUT2D eigenvalue weighted by Gasteiger charge is -2.28. The van der Waals surface area contributed by atoms with Gasteiger partial charge in [-0.2, -0.15) is 0 Å². The van der Waals surface area contributed by atoms with E-state index in [0.717, 1.165) is 24.9 Å². The third-order valence-electron chi connectivity index (χ3n) is 3.50. The minimum absolute atomic E-state index is 0.311. The SMILES string of the molecule is CN1CCCc2cc(CC(NC=O)C(=O)O)ccc21. The van der Waals surface area contributed by atoms with E-state index in [-0.39, 0.29) is 0 Å². The molecule has 0 fully saturated rings. The van der Waals surface area contributed by atoms with Crippen molar-refractivity contribution in [3.05, 3.63) is 29.3 Å². The van der Waals surface area contributed by atoms with E-state index in [4.69, 9.17) is 5.11 Å². The summed E-state index contributed by atoms with van der Waals surface area (Å²) in [7, 11) is 2.06. The van der Waals surface area contributed by atoms with Gasteiger partial charge in [-0.3, -0.25) is 4.79 Å². The van der Waals surface area contributed by atoms with Gasteiger partial charge in [-0.25, -0.2) is 4.79 Å². The standard InChI is InChI=1S/C14H18N2O3/c1-16-6-2-3-11-7-10(4-5-13(11)16)8-12(14(18)19)15-9-17/h4-5,7,9,12H,2-3,6,8H2,1H3,(H,15,17)(H,18,19). The smallest absolute Gasteiger partial charge is 0.326 e. The van der Waals surface area contributed by atoms with Gasteiger partial charge in [-0.1, -0.05) is 12.1 Å². The van der Waals surface area contributed by atoms with Gasteiger partial charge in [-0.05, 0) is 30.0 Å². The molecular weight excluding hydrogens is 244 g/mol. The molecule has 1 atom stereocenters. The fourth-order valence-corrected chi connectivity index (χ4v) is 2.50. The van der Waals surface area contributed by atoms with E-state index in [9.17, 15) is 9.59 Å². The molecule has 1 unspecified atom stereocenters. The lowest BCUT2D eigenvalue weighted by atomic mass is 9.97. The van der Waals surface area contributed by atoms with Crippen LogP contribution in [0.25, 0.3) is 0 Å². The number of hydrogen-bond donors (Lipinski definition) is 2. The zero-order valence-electron chi connectivity index (χ0n) is 10.9. The normalized spacial score (nSPS) is 15.5. The average Bonchev–Trinajstić information content (AvgIpc) is 2.38. The minimum Gasteiger partial charge on any atom is -0.480 e. The zero-order valence-corrected chi connectivity index (χ0v) is 10.9. The predicted octanol–water partition coefficient (Wildman–Crippen LogP) is 0.811. The van der Waals surface area contributed by atoms with E-state index in [1.54, 1.807) is 0 Å². The largest absolute Gasteiger partial charge is 0.480 e. The van der Waals surface area contributed by atoms with Crippen molar-refractivity contribution in [2.45, 2.75) is 25.3 Å². The molecule has 0 aliphatic carbocycles. The number of rotatable bonds is 5. The Labute approximate surface area is 112 Å². The topological polar surface area (TPSA) is 69.6 Å². The maximum Gasteiger partial charge on any atom is 0.326 e. The summed E-state index contributed by atoms with van der Waals surface area (Å²) in [5.74, 6) is -1.01. The van der Waals surface area contributed by atoms with Crippen molar-refractivity contribution in [3.63, 3.8) is 0 Å². The van der Waals surface area contributed by atoms with Gasteiger partial charge >= 0.3 is 5.97 Å². The molecule has 0 radical (unpaired) electrons. The Morgan fingerprint density at radius 1 is 1.58 bits per heavy atom. The lowest BCUT2D eigenvalue weighted by Crippen LogP contribution is -2.37. The van der Waals surface area contributed by atoms with Gasteiger partial charge in [0.25, 0.3) is 0 Å². The van der Waals surface area contributed by atoms with Crippen LogP contribution >= 0.6 is 0 Å². The highest BCUT2D eigenvalue weighted by Gasteiger charge is 2.19.